The molecule has 1 aliphatic rings. The zero-order chi connectivity index (χ0) is 14.9. The van der Waals surface area contributed by atoms with Crippen LogP contribution in [0.1, 0.15) is 44.3 Å². The van der Waals surface area contributed by atoms with Crippen molar-refractivity contribution in [3.8, 4) is 0 Å². The summed E-state index contributed by atoms with van der Waals surface area (Å²) < 4.78 is 25.6. The molecule has 1 aromatic carbocycles. The molecule has 0 spiro atoms. The van der Waals surface area contributed by atoms with Crippen molar-refractivity contribution in [3.05, 3.63) is 35.6 Å². The largest absolute Gasteiger partial charge is 0.376 e. The van der Waals surface area contributed by atoms with Gasteiger partial charge in [0.2, 0.25) is 0 Å². The van der Waals surface area contributed by atoms with E-state index in [0.29, 0.717) is 18.7 Å². The predicted octanol–water partition coefficient (Wildman–Crippen LogP) is 3.45. The van der Waals surface area contributed by atoms with E-state index in [0.717, 1.165) is 32.4 Å². The number of halogens is 1. The van der Waals surface area contributed by atoms with Crippen LogP contribution in [0.15, 0.2) is 24.3 Å². The van der Waals surface area contributed by atoms with Crippen LogP contribution in [0.5, 0.6) is 0 Å². The summed E-state index contributed by atoms with van der Waals surface area (Å²) in [4.78, 5) is 0. The molecule has 1 fully saturated rings. The summed E-state index contributed by atoms with van der Waals surface area (Å²) in [7, 11) is 0. The zero-order valence-electron chi connectivity index (χ0n) is 12.8. The third kappa shape index (κ3) is 5.38. The Morgan fingerprint density at radius 1 is 1.38 bits per heavy atom. The SMILES string of the molecule is CCCNCC(OCC1CCCCO1)c1ccccc1F. The van der Waals surface area contributed by atoms with Gasteiger partial charge in [-0.05, 0) is 38.3 Å². The maximum Gasteiger partial charge on any atom is 0.129 e. The van der Waals surface area contributed by atoms with Gasteiger partial charge in [0.15, 0.2) is 0 Å². The van der Waals surface area contributed by atoms with Gasteiger partial charge in [0.25, 0.3) is 0 Å². The molecule has 1 N–H and O–H groups in total. The fraction of sp³-hybridized carbons (Fsp3) is 0.647. The summed E-state index contributed by atoms with van der Waals surface area (Å²) in [5, 5.41) is 3.32. The van der Waals surface area contributed by atoms with Crippen LogP contribution >= 0.6 is 0 Å². The first-order valence-electron chi connectivity index (χ1n) is 7.99. The normalized spacial score (nSPS) is 20.4. The van der Waals surface area contributed by atoms with Gasteiger partial charge in [-0.15, -0.1) is 0 Å². The Morgan fingerprint density at radius 2 is 2.24 bits per heavy atom. The van der Waals surface area contributed by atoms with E-state index in [2.05, 4.69) is 12.2 Å². The highest BCUT2D eigenvalue weighted by Gasteiger charge is 2.20. The molecule has 2 atom stereocenters. The van der Waals surface area contributed by atoms with Gasteiger partial charge in [-0.3, -0.25) is 0 Å². The highest BCUT2D eigenvalue weighted by Crippen LogP contribution is 2.22. The molecule has 1 aromatic rings. The van der Waals surface area contributed by atoms with Gasteiger partial charge >= 0.3 is 0 Å². The standard InChI is InChI=1S/C17H26FNO2/c1-2-10-19-12-17(15-8-3-4-9-16(15)18)21-13-14-7-5-6-11-20-14/h3-4,8-9,14,17,19H,2,5-7,10-13H2,1H3. The highest BCUT2D eigenvalue weighted by atomic mass is 19.1. The lowest BCUT2D eigenvalue weighted by Gasteiger charge is -2.26. The summed E-state index contributed by atoms with van der Waals surface area (Å²) >= 11 is 0. The number of rotatable bonds is 8. The highest BCUT2D eigenvalue weighted by molar-refractivity contribution is 5.20. The number of benzene rings is 1. The molecule has 21 heavy (non-hydrogen) atoms. The fourth-order valence-electron chi connectivity index (χ4n) is 2.57. The second-order valence-corrected chi connectivity index (χ2v) is 5.54. The summed E-state index contributed by atoms with van der Waals surface area (Å²) in [6.45, 7) is 5.00. The third-order valence-electron chi connectivity index (χ3n) is 3.77. The van der Waals surface area contributed by atoms with Gasteiger partial charge in [0.1, 0.15) is 5.82 Å². The Morgan fingerprint density at radius 3 is 2.95 bits per heavy atom. The second kappa shape index (κ2) is 9.13. The molecular formula is C17H26FNO2. The lowest BCUT2D eigenvalue weighted by Crippen LogP contribution is -2.29. The molecule has 0 aliphatic carbocycles. The topological polar surface area (TPSA) is 30.5 Å². The first kappa shape index (κ1) is 16.4. The van der Waals surface area contributed by atoms with Crippen LogP contribution in [-0.4, -0.2) is 32.4 Å². The van der Waals surface area contributed by atoms with E-state index >= 15 is 0 Å². The van der Waals surface area contributed by atoms with E-state index < -0.39 is 0 Å². The lowest BCUT2D eigenvalue weighted by atomic mass is 10.1. The van der Waals surface area contributed by atoms with E-state index in [9.17, 15) is 4.39 Å². The second-order valence-electron chi connectivity index (χ2n) is 5.54. The van der Waals surface area contributed by atoms with Crippen LogP contribution in [-0.2, 0) is 9.47 Å². The van der Waals surface area contributed by atoms with Gasteiger partial charge in [-0.25, -0.2) is 4.39 Å². The minimum absolute atomic E-state index is 0.152. The molecule has 4 heteroatoms. The van der Waals surface area contributed by atoms with E-state index in [1.165, 1.54) is 12.5 Å². The third-order valence-corrected chi connectivity index (χ3v) is 3.77. The van der Waals surface area contributed by atoms with Crippen LogP contribution in [0, 0.1) is 5.82 Å². The van der Waals surface area contributed by atoms with Crippen LogP contribution in [0.2, 0.25) is 0 Å². The first-order valence-corrected chi connectivity index (χ1v) is 7.99. The minimum Gasteiger partial charge on any atom is -0.376 e. The van der Waals surface area contributed by atoms with Crippen molar-refractivity contribution >= 4 is 0 Å². The fourth-order valence-corrected chi connectivity index (χ4v) is 2.57. The van der Waals surface area contributed by atoms with Crippen molar-refractivity contribution in [3.63, 3.8) is 0 Å². The molecule has 1 heterocycles. The van der Waals surface area contributed by atoms with Crippen molar-refractivity contribution in [2.45, 2.75) is 44.8 Å². The molecular weight excluding hydrogens is 269 g/mol. The average molecular weight is 295 g/mol. The van der Waals surface area contributed by atoms with Gasteiger partial charge in [0, 0.05) is 18.7 Å². The zero-order valence-corrected chi connectivity index (χ0v) is 12.8. The Kier molecular flexibility index (Phi) is 7.13. The number of hydrogen-bond acceptors (Lipinski definition) is 3. The van der Waals surface area contributed by atoms with Crippen LogP contribution in [0.3, 0.4) is 0 Å². The van der Waals surface area contributed by atoms with Crippen LogP contribution in [0.25, 0.3) is 0 Å². The van der Waals surface area contributed by atoms with Gasteiger partial charge < -0.3 is 14.8 Å². The molecule has 2 unspecified atom stereocenters. The quantitative estimate of drug-likeness (QED) is 0.745. The molecule has 1 saturated heterocycles. The van der Waals surface area contributed by atoms with Crippen LogP contribution in [0.4, 0.5) is 4.39 Å². The van der Waals surface area contributed by atoms with E-state index in [-0.39, 0.29) is 18.0 Å². The van der Waals surface area contributed by atoms with E-state index in [4.69, 9.17) is 9.47 Å². The number of nitrogens with one attached hydrogen (secondary N) is 1. The summed E-state index contributed by atoms with van der Waals surface area (Å²) in [6, 6.07) is 6.85. The van der Waals surface area contributed by atoms with Gasteiger partial charge in [0.05, 0.1) is 18.8 Å². The number of ether oxygens (including phenoxy) is 2. The van der Waals surface area contributed by atoms with Crippen LogP contribution < -0.4 is 5.32 Å². The Balaban J connectivity index is 1.93. The molecule has 0 amide bonds. The molecule has 0 bridgehead atoms. The van der Waals surface area contributed by atoms with Gasteiger partial charge in [-0.1, -0.05) is 25.1 Å². The smallest absolute Gasteiger partial charge is 0.129 e. The predicted molar refractivity (Wildman–Crippen MR) is 81.8 cm³/mol. The Bertz CT molecular complexity index is 408. The average Bonchev–Trinajstić information content (AvgIpc) is 2.53. The molecule has 0 saturated carbocycles. The van der Waals surface area contributed by atoms with E-state index in [1.54, 1.807) is 12.1 Å². The maximum absolute atomic E-state index is 14.0. The molecule has 0 aromatic heterocycles. The lowest BCUT2D eigenvalue weighted by molar-refractivity contribution is -0.0639. The van der Waals surface area contributed by atoms with Gasteiger partial charge in [-0.2, -0.15) is 0 Å². The molecule has 0 radical (unpaired) electrons. The Hall–Kier alpha value is -0.970. The summed E-state index contributed by atoms with van der Waals surface area (Å²) in [5.41, 5.74) is 0.622. The molecule has 1 aliphatic heterocycles. The first-order chi connectivity index (χ1) is 10.3. The van der Waals surface area contributed by atoms with Crippen molar-refractivity contribution in [1.82, 2.24) is 5.32 Å². The number of hydrogen-bond donors (Lipinski definition) is 1. The minimum atomic E-state index is -0.261. The molecule has 3 nitrogen and oxygen atoms in total. The van der Waals surface area contributed by atoms with Crippen molar-refractivity contribution in [2.75, 3.05) is 26.3 Å². The van der Waals surface area contributed by atoms with Crippen molar-refractivity contribution in [1.29, 1.82) is 0 Å². The molecule has 118 valence electrons. The Labute approximate surface area is 126 Å². The maximum atomic E-state index is 14.0. The van der Waals surface area contributed by atoms with Crippen molar-refractivity contribution < 1.29 is 13.9 Å². The summed E-state index contributed by atoms with van der Waals surface area (Å²) in [6.07, 6.45) is 4.29. The monoisotopic (exact) mass is 295 g/mol. The molecule has 2 rings (SSSR count). The summed E-state index contributed by atoms with van der Waals surface area (Å²) in [5.74, 6) is -0.203. The van der Waals surface area contributed by atoms with Crippen molar-refractivity contribution in [2.24, 2.45) is 0 Å². The van der Waals surface area contributed by atoms with E-state index in [1.807, 2.05) is 6.07 Å².